The minimum Gasteiger partial charge on any atom is -0.466 e. The van der Waals surface area contributed by atoms with E-state index in [2.05, 4.69) is 55.6 Å². The highest BCUT2D eigenvalue weighted by atomic mass is 16.5. The fraction of sp³-hybridized carbons (Fsp3) is 0.890. The van der Waals surface area contributed by atoms with Crippen molar-refractivity contribution in [2.24, 2.45) is 0 Å². The Hall–Kier alpha value is -1.92. The smallest absolute Gasteiger partial charge is 0.305 e. The van der Waals surface area contributed by atoms with Gasteiger partial charge in [-0.25, -0.2) is 0 Å². The summed E-state index contributed by atoms with van der Waals surface area (Å²) in [5.74, 6) is -0.0224. The number of aliphatic hydroxyl groups is 2. The van der Waals surface area contributed by atoms with Gasteiger partial charge in [0.2, 0.25) is 5.91 Å². The second-order valence-corrected chi connectivity index (χ2v) is 24.6. The number of hydrogen-bond acceptors (Lipinski definition) is 5. The molecule has 2 unspecified atom stereocenters. The van der Waals surface area contributed by atoms with Crippen LogP contribution >= 0.6 is 0 Å². The lowest BCUT2D eigenvalue weighted by molar-refractivity contribution is -0.143. The molecule has 0 fully saturated rings. The van der Waals surface area contributed by atoms with Crippen molar-refractivity contribution in [3.8, 4) is 0 Å². The summed E-state index contributed by atoms with van der Waals surface area (Å²) in [6.07, 6.45) is 87.8. The lowest BCUT2D eigenvalue weighted by Crippen LogP contribution is -2.45. The number of carbonyl (C=O) groups is 2. The first kappa shape index (κ1) is 77.1. The van der Waals surface area contributed by atoms with Crippen molar-refractivity contribution >= 4 is 11.9 Å². The molecule has 0 aliphatic carbocycles. The molecule has 0 spiro atoms. The van der Waals surface area contributed by atoms with Crippen LogP contribution in [0.4, 0.5) is 0 Å². The monoisotopic (exact) mass is 1110 g/mol. The SMILES string of the molecule is CCCCCCCCC/C=C\CCCCCCCC(=O)OCCCCCCCCCCCCC/C=C\C/C=C\CCCCCCCCCCCCCCCCCCCC(=O)NC(CO)C(O)CCCCCCCCCCCCC. The average Bonchev–Trinajstić information content (AvgIpc) is 3.45. The van der Waals surface area contributed by atoms with E-state index >= 15 is 0 Å². The van der Waals surface area contributed by atoms with Gasteiger partial charge in [-0.15, -0.1) is 0 Å². The van der Waals surface area contributed by atoms with Crippen LogP contribution in [-0.4, -0.2) is 47.4 Å². The molecule has 0 saturated heterocycles. The van der Waals surface area contributed by atoms with E-state index in [0.717, 1.165) is 51.4 Å². The number of esters is 1. The van der Waals surface area contributed by atoms with Crippen molar-refractivity contribution in [1.29, 1.82) is 0 Å². The second kappa shape index (κ2) is 68.6. The molecule has 0 saturated carbocycles. The van der Waals surface area contributed by atoms with Crippen molar-refractivity contribution in [1.82, 2.24) is 5.32 Å². The van der Waals surface area contributed by atoms with Crippen LogP contribution < -0.4 is 5.32 Å². The highest BCUT2D eigenvalue weighted by Crippen LogP contribution is 2.18. The highest BCUT2D eigenvalue weighted by molar-refractivity contribution is 5.76. The zero-order valence-corrected chi connectivity index (χ0v) is 53.4. The maximum absolute atomic E-state index is 12.5. The Bertz CT molecular complexity index is 1280. The van der Waals surface area contributed by atoms with Crippen LogP contribution in [0, 0.1) is 0 Å². The largest absolute Gasteiger partial charge is 0.466 e. The summed E-state index contributed by atoms with van der Waals surface area (Å²) >= 11 is 0. The van der Waals surface area contributed by atoms with Gasteiger partial charge in [0, 0.05) is 12.8 Å². The van der Waals surface area contributed by atoms with Gasteiger partial charge in [-0.2, -0.15) is 0 Å². The summed E-state index contributed by atoms with van der Waals surface area (Å²) in [7, 11) is 0. The first-order chi connectivity index (χ1) is 39.0. The molecule has 79 heavy (non-hydrogen) atoms. The minimum absolute atomic E-state index is 0.00971. The molecule has 0 aliphatic heterocycles. The predicted molar refractivity (Wildman–Crippen MR) is 347 cm³/mol. The zero-order chi connectivity index (χ0) is 57.1. The Morgan fingerprint density at radius 1 is 0.354 bits per heavy atom. The van der Waals surface area contributed by atoms with Crippen LogP contribution in [-0.2, 0) is 14.3 Å². The molecular formula is C73H139NO5. The van der Waals surface area contributed by atoms with Crippen LogP contribution in [0.25, 0.3) is 0 Å². The third kappa shape index (κ3) is 65.1. The normalized spacial score (nSPS) is 12.7. The lowest BCUT2D eigenvalue weighted by atomic mass is 10.0. The second-order valence-electron chi connectivity index (χ2n) is 24.6. The molecule has 6 nitrogen and oxygen atoms in total. The maximum Gasteiger partial charge on any atom is 0.305 e. The van der Waals surface area contributed by atoms with Crippen LogP contribution in [0.2, 0.25) is 0 Å². The van der Waals surface area contributed by atoms with Crippen LogP contribution in [0.15, 0.2) is 36.5 Å². The molecule has 6 heteroatoms. The highest BCUT2D eigenvalue weighted by Gasteiger charge is 2.20. The predicted octanol–water partition coefficient (Wildman–Crippen LogP) is 23.1. The number of rotatable bonds is 67. The molecule has 0 aliphatic rings. The van der Waals surface area contributed by atoms with Crippen molar-refractivity contribution in [2.45, 2.75) is 405 Å². The Morgan fingerprint density at radius 3 is 0.975 bits per heavy atom. The van der Waals surface area contributed by atoms with E-state index in [4.69, 9.17) is 4.74 Å². The third-order valence-corrected chi connectivity index (χ3v) is 16.7. The fourth-order valence-electron chi connectivity index (χ4n) is 11.2. The number of aliphatic hydroxyl groups excluding tert-OH is 2. The molecule has 2 atom stereocenters. The fourth-order valence-corrected chi connectivity index (χ4v) is 11.2. The standard InChI is InChI=1S/C73H139NO5/c1-3-5-7-9-11-13-15-16-17-40-43-47-51-55-59-63-67-73(78)79-68-64-60-56-52-48-44-41-38-36-34-32-30-28-26-24-22-20-18-19-21-23-25-27-29-31-33-35-37-39-42-46-50-54-58-62-66-72(77)74-70(69-75)71(76)65-61-57-53-49-45-14-12-10-8-6-4-2/h17,20,22,26,28,40,70-71,75-76H,3-16,18-19,21,23-25,27,29-39,41-69H2,1-2H3,(H,74,77)/b22-20-,28-26-,40-17-. The lowest BCUT2D eigenvalue weighted by Gasteiger charge is -2.22. The minimum atomic E-state index is -0.661. The quantitative estimate of drug-likeness (QED) is 0.0320. The van der Waals surface area contributed by atoms with E-state index in [-0.39, 0.29) is 18.5 Å². The summed E-state index contributed by atoms with van der Waals surface area (Å²) in [6, 6.07) is -0.538. The Labute approximate surface area is 494 Å². The number of allylic oxidation sites excluding steroid dienone is 6. The molecule has 0 heterocycles. The number of unbranched alkanes of at least 4 members (excludes halogenated alkanes) is 50. The van der Waals surface area contributed by atoms with Gasteiger partial charge >= 0.3 is 5.97 Å². The van der Waals surface area contributed by atoms with Gasteiger partial charge < -0.3 is 20.3 Å². The van der Waals surface area contributed by atoms with Crippen molar-refractivity contribution in [3.63, 3.8) is 0 Å². The van der Waals surface area contributed by atoms with Gasteiger partial charge in [-0.05, 0) is 83.5 Å². The number of hydrogen-bond donors (Lipinski definition) is 3. The van der Waals surface area contributed by atoms with Gasteiger partial charge in [0.05, 0.1) is 25.4 Å². The van der Waals surface area contributed by atoms with E-state index < -0.39 is 12.1 Å². The summed E-state index contributed by atoms with van der Waals surface area (Å²) < 4.78 is 5.49. The first-order valence-electron chi connectivity index (χ1n) is 35.7. The van der Waals surface area contributed by atoms with Crippen LogP contribution in [0.5, 0.6) is 0 Å². The molecule has 3 N–H and O–H groups in total. The molecule has 0 aromatic carbocycles. The Kier molecular flexibility index (Phi) is 66.9. The molecule has 0 rings (SSSR count). The zero-order valence-electron chi connectivity index (χ0n) is 53.4. The molecule has 0 radical (unpaired) electrons. The topological polar surface area (TPSA) is 95.9 Å². The van der Waals surface area contributed by atoms with Crippen LogP contribution in [0.1, 0.15) is 393 Å². The Morgan fingerprint density at radius 2 is 0.633 bits per heavy atom. The van der Waals surface area contributed by atoms with Gasteiger partial charge in [0.25, 0.3) is 0 Å². The van der Waals surface area contributed by atoms with Gasteiger partial charge in [0.15, 0.2) is 0 Å². The number of ether oxygens (including phenoxy) is 1. The summed E-state index contributed by atoms with van der Waals surface area (Å²) in [6.45, 7) is 4.96. The number of amides is 1. The first-order valence-corrected chi connectivity index (χ1v) is 35.7. The molecule has 466 valence electrons. The van der Waals surface area contributed by atoms with Gasteiger partial charge in [0.1, 0.15) is 0 Å². The summed E-state index contributed by atoms with van der Waals surface area (Å²) in [5.41, 5.74) is 0. The Balaban J connectivity index is 3.35. The van der Waals surface area contributed by atoms with E-state index in [0.29, 0.717) is 25.9 Å². The van der Waals surface area contributed by atoms with Crippen molar-refractivity contribution in [3.05, 3.63) is 36.5 Å². The average molecular weight is 1110 g/mol. The van der Waals surface area contributed by atoms with E-state index in [1.54, 1.807) is 0 Å². The van der Waals surface area contributed by atoms with Gasteiger partial charge in [-0.1, -0.05) is 333 Å². The molecule has 0 bridgehead atoms. The van der Waals surface area contributed by atoms with E-state index in [1.165, 1.54) is 308 Å². The van der Waals surface area contributed by atoms with Crippen molar-refractivity contribution < 1.29 is 24.5 Å². The van der Waals surface area contributed by atoms with Crippen molar-refractivity contribution in [2.75, 3.05) is 13.2 Å². The summed E-state index contributed by atoms with van der Waals surface area (Å²) in [5, 5.41) is 23.2. The molecule has 1 amide bonds. The molecule has 0 aromatic rings. The number of nitrogens with one attached hydrogen (secondary N) is 1. The van der Waals surface area contributed by atoms with Crippen LogP contribution in [0.3, 0.4) is 0 Å². The number of carbonyl (C=O) groups excluding carboxylic acids is 2. The molecular weight excluding hydrogens is 971 g/mol. The molecule has 0 aromatic heterocycles. The third-order valence-electron chi connectivity index (χ3n) is 16.7. The van der Waals surface area contributed by atoms with E-state index in [1.807, 2.05) is 0 Å². The summed E-state index contributed by atoms with van der Waals surface area (Å²) in [4.78, 5) is 24.5. The maximum atomic E-state index is 12.5. The van der Waals surface area contributed by atoms with Gasteiger partial charge in [-0.3, -0.25) is 9.59 Å². The van der Waals surface area contributed by atoms with E-state index in [9.17, 15) is 19.8 Å².